The number of benzene rings is 1. The molecule has 5 nitrogen and oxygen atoms in total. The van der Waals surface area contributed by atoms with E-state index in [2.05, 4.69) is 5.32 Å². The van der Waals surface area contributed by atoms with Gasteiger partial charge in [0.1, 0.15) is 6.04 Å². The lowest BCUT2D eigenvalue weighted by atomic mass is 10.1. The summed E-state index contributed by atoms with van der Waals surface area (Å²) in [4.78, 5) is 13.7. The summed E-state index contributed by atoms with van der Waals surface area (Å²) in [5.74, 6) is -0.230. The Labute approximate surface area is 173 Å². The van der Waals surface area contributed by atoms with Crippen LogP contribution in [0.4, 0.5) is 0 Å². The van der Waals surface area contributed by atoms with Crippen LogP contribution in [0.15, 0.2) is 45.5 Å². The van der Waals surface area contributed by atoms with Crippen LogP contribution < -0.4 is 5.32 Å². The Bertz CT molecular complexity index is 897. The summed E-state index contributed by atoms with van der Waals surface area (Å²) < 4.78 is 29.2. The third-order valence-corrected chi connectivity index (χ3v) is 8.70. The van der Waals surface area contributed by atoms with E-state index in [9.17, 15) is 13.2 Å². The molecule has 1 atom stereocenters. The Balaban J connectivity index is 1.99. The Morgan fingerprint density at radius 3 is 2.63 bits per heavy atom. The van der Waals surface area contributed by atoms with Gasteiger partial charge in [-0.15, -0.1) is 23.1 Å². The highest BCUT2D eigenvalue weighted by atomic mass is 35.5. The molecular weight excluding hydrogens is 424 g/mol. The molecule has 1 N–H and O–H groups in total. The summed E-state index contributed by atoms with van der Waals surface area (Å²) in [5.41, 5.74) is 0. The molecule has 1 fully saturated rings. The number of carbonyl (C=O) groups is 1. The van der Waals surface area contributed by atoms with E-state index in [1.165, 1.54) is 16.4 Å². The van der Waals surface area contributed by atoms with Crippen molar-refractivity contribution in [2.24, 2.45) is 0 Å². The Morgan fingerprint density at radius 1 is 1.22 bits per heavy atom. The predicted molar refractivity (Wildman–Crippen MR) is 111 cm³/mol. The van der Waals surface area contributed by atoms with E-state index in [4.69, 9.17) is 11.6 Å². The van der Waals surface area contributed by atoms with Gasteiger partial charge in [0, 0.05) is 23.0 Å². The van der Waals surface area contributed by atoms with Crippen LogP contribution in [-0.2, 0) is 21.4 Å². The van der Waals surface area contributed by atoms with E-state index in [-0.39, 0.29) is 17.3 Å². The van der Waals surface area contributed by atoms with Crippen molar-refractivity contribution >= 4 is 50.6 Å². The fraction of sp³-hybridized carbons (Fsp3) is 0.389. The number of thioether (sulfide) groups is 1. The molecule has 27 heavy (non-hydrogen) atoms. The molecule has 1 unspecified atom stereocenters. The number of hydrogen-bond donors (Lipinski definition) is 1. The number of carbonyl (C=O) groups excluding carboxylic acids is 1. The molecule has 1 saturated heterocycles. The molecular formula is C18H21ClN2O3S3. The van der Waals surface area contributed by atoms with E-state index in [1.807, 2.05) is 18.4 Å². The molecule has 0 saturated carbocycles. The highest BCUT2D eigenvalue weighted by molar-refractivity contribution is 8.00. The Hall–Kier alpha value is -1.06. The van der Waals surface area contributed by atoms with Crippen LogP contribution in [0.25, 0.3) is 0 Å². The minimum Gasteiger partial charge on any atom is -0.355 e. The standard InChI is InChI=1S/C18H21ClN2O3S3/c1-25-17-10-7-14(26-17)12-21(16-4-2-3-11-20-18(16)22)27(23,24)15-8-5-13(19)6-9-15/h5-10,16H,2-4,11-12H2,1H3,(H,20,22). The van der Waals surface area contributed by atoms with Crippen molar-refractivity contribution in [3.8, 4) is 0 Å². The molecule has 0 radical (unpaired) electrons. The molecule has 146 valence electrons. The smallest absolute Gasteiger partial charge is 0.244 e. The van der Waals surface area contributed by atoms with E-state index in [1.54, 1.807) is 35.2 Å². The van der Waals surface area contributed by atoms with Crippen LogP contribution in [0.3, 0.4) is 0 Å². The quantitative estimate of drug-likeness (QED) is 0.684. The molecule has 1 aliphatic heterocycles. The van der Waals surface area contributed by atoms with Crippen molar-refractivity contribution in [3.63, 3.8) is 0 Å². The monoisotopic (exact) mass is 444 g/mol. The average molecular weight is 445 g/mol. The van der Waals surface area contributed by atoms with E-state index < -0.39 is 16.1 Å². The maximum atomic E-state index is 13.4. The second-order valence-corrected chi connectivity index (χ2v) is 10.8. The third kappa shape index (κ3) is 4.86. The number of thiophene rings is 1. The lowest BCUT2D eigenvalue weighted by molar-refractivity contribution is -0.124. The molecule has 1 amide bonds. The van der Waals surface area contributed by atoms with Gasteiger partial charge in [-0.25, -0.2) is 8.42 Å². The maximum Gasteiger partial charge on any atom is 0.244 e. The minimum atomic E-state index is -3.85. The largest absolute Gasteiger partial charge is 0.355 e. The fourth-order valence-corrected chi connectivity index (χ4v) is 6.41. The summed E-state index contributed by atoms with van der Waals surface area (Å²) in [6.45, 7) is 0.758. The first kappa shape index (κ1) is 20.7. The number of nitrogens with one attached hydrogen (secondary N) is 1. The van der Waals surface area contributed by atoms with Gasteiger partial charge in [0.25, 0.3) is 0 Å². The summed E-state index contributed by atoms with van der Waals surface area (Å²) in [6.07, 6.45) is 4.15. The van der Waals surface area contributed by atoms with Crippen molar-refractivity contribution < 1.29 is 13.2 Å². The van der Waals surface area contributed by atoms with Gasteiger partial charge in [0.2, 0.25) is 15.9 Å². The molecule has 2 aromatic rings. The fourth-order valence-electron chi connectivity index (χ4n) is 3.01. The molecule has 1 aromatic heterocycles. The SMILES string of the molecule is CSc1ccc(CN(C2CCCCNC2=O)S(=O)(=O)c2ccc(Cl)cc2)s1. The van der Waals surface area contributed by atoms with Crippen molar-refractivity contribution in [1.29, 1.82) is 0 Å². The Kier molecular flexibility index (Phi) is 6.86. The molecule has 3 rings (SSSR count). The molecule has 0 bridgehead atoms. The zero-order valence-electron chi connectivity index (χ0n) is 14.9. The van der Waals surface area contributed by atoms with Crippen LogP contribution in [0, 0.1) is 0 Å². The number of rotatable bonds is 6. The second kappa shape index (κ2) is 8.96. The number of nitrogens with zero attached hydrogens (tertiary/aromatic N) is 1. The average Bonchev–Trinajstić information content (AvgIpc) is 3.01. The summed E-state index contributed by atoms with van der Waals surface area (Å²) in [6, 6.07) is 9.27. The molecule has 1 aliphatic rings. The first-order valence-corrected chi connectivity index (χ1v) is 12.5. The first-order valence-electron chi connectivity index (χ1n) is 8.59. The van der Waals surface area contributed by atoms with Gasteiger partial charge < -0.3 is 5.32 Å². The molecule has 0 spiro atoms. The third-order valence-electron chi connectivity index (χ3n) is 4.42. The van der Waals surface area contributed by atoms with Crippen LogP contribution in [0.2, 0.25) is 5.02 Å². The van der Waals surface area contributed by atoms with Gasteiger partial charge in [0.15, 0.2) is 0 Å². The van der Waals surface area contributed by atoms with Crippen LogP contribution >= 0.6 is 34.7 Å². The summed E-state index contributed by atoms with van der Waals surface area (Å²) in [7, 11) is -3.85. The number of halogens is 1. The highest BCUT2D eigenvalue weighted by Crippen LogP contribution is 2.30. The van der Waals surface area contributed by atoms with Crippen molar-refractivity contribution in [1.82, 2.24) is 9.62 Å². The number of hydrogen-bond acceptors (Lipinski definition) is 5. The number of sulfonamides is 1. The molecule has 9 heteroatoms. The maximum absolute atomic E-state index is 13.4. The molecule has 2 heterocycles. The number of amides is 1. The van der Waals surface area contributed by atoms with Gasteiger partial charge in [-0.2, -0.15) is 4.31 Å². The van der Waals surface area contributed by atoms with Gasteiger partial charge in [-0.1, -0.05) is 11.6 Å². The van der Waals surface area contributed by atoms with Gasteiger partial charge in [0.05, 0.1) is 9.10 Å². The first-order chi connectivity index (χ1) is 12.9. The van der Waals surface area contributed by atoms with Crippen molar-refractivity contribution in [2.45, 2.75) is 41.0 Å². The zero-order valence-corrected chi connectivity index (χ0v) is 18.1. The van der Waals surface area contributed by atoms with Crippen LogP contribution in [0.1, 0.15) is 24.1 Å². The van der Waals surface area contributed by atoms with E-state index >= 15 is 0 Å². The van der Waals surface area contributed by atoms with Gasteiger partial charge in [-0.3, -0.25) is 4.79 Å². The van der Waals surface area contributed by atoms with Crippen molar-refractivity contribution in [2.75, 3.05) is 12.8 Å². The topological polar surface area (TPSA) is 66.5 Å². The summed E-state index contributed by atoms with van der Waals surface area (Å²) in [5, 5.41) is 3.31. The lowest BCUT2D eigenvalue weighted by Crippen LogP contribution is -2.48. The lowest BCUT2D eigenvalue weighted by Gasteiger charge is -2.28. The second-order valence-electron chi connectivity index (χ2n) is 6.23. The predicted octanol–water partition coefficient (Wildman–Crippen LogP) is 3.98. The van der Waals surface area contributed by atoms with Crippen LogP contribution in [-0.4, -0.2) is 37.5 Å². The van der Waals surface area contributed by atoms with Crippen molar-refractivity contribution in [3.05, 3.63) is 46.3 Å². The highest BCUT2D eigenvalue weighted by Gasteiger charge is 2.36. The van der Waals surface area contributed by atoms with Gasteiger partial charge in [-0.05, 0) is 61.9 Å². The molecule has 0 aliphatic carbocycles. The molecule has 1 aromatic carbocycles. The minimum absolute atomic E-state index is 0.144. The van der Waals surface area contributed by atoms with Gasteiger partial charge >= 0.3 is 0 Å². The Morgan fingerprint density at radius 2 is 1.96 bits per heavy atom. The summed E-state index contributed by atoms with van der Waals surface area (Å²) >= 11 is 9.08. The van der Waals surface area contributed by atoms with E-state index in [0.29, 0.717) is 18.0 Å². The normalized spacial score (nSPS) is 18.3. The van der Waals surface area contributed by atoms with E-state index in [0.717, 1.165) is 21.9 Å². The van der Waals surface area contributed by atoms with Crippen LogP contribution in [0.5, 0.6) is 0 Å². The zero-order chi connectivity index (χ0) is 19.4.